The number of nitrogens with one attached hydrogen (secondary N) is 1. The van der Waals surface area contributed by atoms with Gasteiger partial charge in [-0.1, -0.05) is 0 Å². The number of anilines is 2. The number of ether oxygens (including phenoxy) is 1. The Bertz CT molecular complexity index is 336. The van der Waals surface area contributed by atoms with Crippen molar-refractivity contribution in [3.63, 3.8) is 0 Å². The maximum Gasteiger partial charge on any atom is 0.215 e. The minimum absolute atomic E-state index is 0.609. The molecular formula is C10H16N4O. The van der Waals surface area contributed by atoms with Gasteiger partial charge < -0.3 is 20.7 Å². The third kappa shape index (κ3) is 2.12. The highest BCUT2D eigenvalue weighted by Gasteiger charge is 2.14. The van der Waals surface area contributed by atoms with Crippen LogP contribution in [0.25, 0.3) is 0 Å². The minimum atomic E-state index is 0.609. The van der Waals surface area contributed by atoms with Crippen LogP contribution in [0.1, 0.15) is 0 Å². The van der Waals surface area contributed by atoms with E-state index in [-0.39, 0.29) is 0 Å². The first kappa shape index (κ1) is 10.0. The second-order valence-electron chi connectivity index (χ2n) is 3.50. The molecule has 0 bridgehead atoms. The van der Waals surface area contributed by atoms with Gasteiger partial charge in [0.1, 0.15) is 0 Å². The average molecular weight is 208 g/mol. The maximum atomic E-state index is 5.89. The molecule has 2 heterocycles. The van der Waals surface area contributed by atoms with Crippen molar-refractivity contribution < 1.29 is 4.74 Å². The topological polar surface area (TPSA) is 63.4 Å². The van der Waals surface area contributed by atoms with E-state index >= 15 is 0 Å². The molecule has 1 aromatic heterocycles. The smallest absolute Gasteiger partial charge is 0.215 e. The van der Waals surface area contributed by atoms with Gasteiger partial charge in [-0.25, -0.2) is 0 Å². The molecule has 1 aliphatic heterocycles. The van der Waals surface area contributed by atoms with Crippen molar-refractivity contribution in [2.24, 2.45) is 0 Å². The normalized spacial score (nSPS) is 16.5. The number of piperazine rings is 1. The molecule has 0 radical (unpaired) electrons. The molecule has 0 saturated carbocycles. The highest BCUT2D eigenvalue weighted by molar-refractivity contribution is 5.63. The largest absolute Gasteiger partial charge is 0.481 e. The summed E-state index contributed by atoms with van der Waals surface area (Å²) in [6, 6.07) is 3.62. The van der Waals surface area contributed by atoms with Crippen molar-refractivity contribution in [3.8, 4) is 5.88 Å². The summed E-state index contributed by atoms with van der Waals surface area (Å²) in [6.45, 7) is 3.81. The van der Waals surface area contributed by atoms with Gasteiger partial charge in [0.2, 0.25) is 5.88 Å². The van der Waals surface area contributed by atoms with E-state index < -0.39 is 0 Å². The number of hydrogen-bond acceptors (Lipinski definition) is 5. The van der Waals surface area contributed by atoms with E-state index in [0.29, 0.717) is 11.6 Å². The molecule has 0 unspecified atom stereocenters. The zero-order valence-corrected chi connectivity index (χ0v) is 8.86. The summed E-state index contributed by atoms with van der Waals surface area (Å²) in [5.74, 6) is 1.44. The van der Waals surface area contributed by atoms with Gasteiger partial charge in [0.15, 0.2) is 5.82 Å². The number of aromatic nitrogens is 1. The first-order chi connectivity index (χ1) is 7.31. The van der Waals surface area contributed by atoms with Gasteiger partial charge >= 0.3 is 0 Å². The quantitative estimate of drug-likeness (QED) is 0.720. The number of nitrogen functional groups attached to an aromatic ring is 1. The highest BCUT2D eigenvalue weighted by Crippen LogP contribution is 2.23. The van der Waals surface area contributed by atoms with E-state index in [0.717, 1.165) is 32.0 Å². The number of pyridine rings is 1. The molecule has 5 nitrogen and oxygen atoms in total. The van der Waals surface area contributed by atoms with Gasteiger partial charge in [0.05, 0.1) is 12.8 Å². The lowest BCUT2D eigenvalue weighted by Crippen LogP contribution is -2.44. The van der Waals surface area contributed by atoms with Gasteiger partial charge in [0, 0.05) is 32.2 Å². The maximum absolute atomic E-state index is 5.89. The van der Waals surface area contributed by atoms with E-state index in [1.165, 1.54) is 0 Å². The van der Waals surface area contributed by atoms with Crippen LogP contribution in [0, 0.1) is 0 Å². The van der Waals surface area contributed by atoms with Gasteiger partial charge in [0.25, 0.3) is 0 Å². The van der Waals surface area contributed by atoms with Crippen LogP contribution in [0.15, 0.2) is 12.1 Å². The first-order valence-corrected chi connectivity index (χ1v) is 5.07. The molecule has 15 heavy (non-hydrogen) atoms. The predicted molar refractivity (Wildman–Crippen MR) is 60.3 cm³/mol. The fraction of sp³-hybridized carbons (Fsp3) is 0.500. The highest BCUT2D eigenvalue weighted by atomic mass is 16.5. The lowest BCUT2D eigenvalue weighted by molar-refractivity contribution is 0.397. The van der Waals surface area contributed by atoms with Crippen molar-refractivity contribution in [2.45, 2.75) is 0 Å². The summed E-state index contributed by atoms with van der Waals surface area (Å²) in [4.78, 5) is 6.54. The van der Waals surface area contributed by atoms with Gasteiger partial charge in [-0.3, -0.25) is 0 Å². The number of rotatable bonds is 2. The van der Waals surface area contributed by atoms with E-state index in [4.69, 9.17) is 10.5 Å². The van der Waals surface area contributed by atoms with Gasteiger partial charge in [-0.15, -0.1) is 0 Å². The van der Waals surface area contributed by atoms with E-state index in [9.17, 15) is 0 Å². The predicted octanol–water partition coefficient (Wildman–Crippen LogP) is 0.0820. The Morgan fingerprint density at radius 3 is 2.80 bits per heavy atom. The molecule has 5 heteroatoms. The Balaban J connectivity index is 2.24. The Labute approximate surface area is 89.2 Å². The third-order valence-corrected chi connectivity index (χ3v) is 2.51. The van der Waals surface area contributed by atoms with Crippen LogP contribution in [0.5, 0.6) is 5.88 Å². The Morgan fingerprint density at radius 1 is 1.40 bits per heavy atom. The molecule has 0 aliphatic carbocycles. The summed E-state index contributed by atoms with van der Waals surface area (Å²) in [5.41, 5.74) is 6.60. The molecular weight excluding hydrogens is 192 g/mol. The van der Waals surface area contributed by atoms with Gasteiger partial charge in [-0.2, -0.15) is 4.98 Å². The zero-order valence-electron chi connectivity index (χ0n) is 8.86. The van der Waals surface area contributed by atoms with E-state index in [1.54, 1.807) is 13.2 Å². The molecule has 1 fully saturated rings. The van der Waals surface area contributed by atoms with Crippen molar-refractivity contribution in [1.29, 1.82) is 0 Å². The molecule has 0 spiro atoms. The van der Waals surface area contributed by atoms with Crippen molar-refractivity contribution in [1.82, 2.24) is 10.3 Å². The second kappa shape index (κ2) is 4.35. The summed E-state index contributed by atoms with van der Waals surface area (Å²) < 4.78 is 5.09. The fourth-order valence-corrected chi connectivity index (χ4v) is 1.69. The molecule has 2 rings (SSSR count). The third-order valence-electron chi connectivity index (χ3n) is 2.51. The molecule has 1 aromatic rings. The molecule has 0 aromatic carbocycles. The molecule has 0 amide bonds. The Kier molecular flexibility index (Phi) is 2.91. The summed E-state index contributed by atoms with van der Waals surface area (Å²) >= 11 is 0. The standard InChI is InChI=1S/C10H16N4O/c1-15-9-3-2-8(11)10(13-9)14-6-4-12-5-7-14/h2-3,12H,4-7,11H2,1H3. The van der Waals surface area contributed by atoms with Gasteiger partial charge in [-0.05, 0) is 6.07 Å². The number of methoxy groups -OCH3 is 1. The van der Waals surface area contributed by atoms with Crippen molar-refractivity contribution in [3.05, 3.63) is 12.1 Å². The SMILES string of the molecule is COc1ccc(N)c(N2CCNCC2)n1. The number of nitrogens with zero attached hydrogens (tertiary/aromatic N) is 2. The van der Waals surface area contributed by atoms with Crippen LogP contribution in [0.2, 0.25) is 0 Å². The average Bonchev–Trinajstić information content (AvgIpc) is 2.31. The summed E-state index contributed by atoms with van der Waals surface area (Å²) in [7, 11) is 1.61. The number of nitrogens with two attached hydrogens (primary N) is 1. The molecule has 3 N–H and O–H groups in total. The monoisotopic (exact) mass is 208 g/mol. The van der Waals surface area contributed by atoms with E-state index in [1.807, 2.05) is 6.07 Å². The molecule has 0 atom stereocenters. The zero-order chi connectivity index (χ0) is 10.7. The Hall–Kier alpha value is -1.49. The van der Waals surface area contributed by atoms with Crippen LogP contribution in [-0.4, -0.2) is 38.3 Å². The lowest BCUT2D eigenvalue weighted by Gasteiger charge is -2.29. The summed E-state index contributed by atoms with van der Waals surface area (Å²) in [6.07, 6.45) is 0. The van der Waals surface area contributed by atoms with Crippen LogP contribution in [0.3, 0.4) is 0 Å². The first-order valence-electron chi connectivity index (χ1n) is 5.07. The molecule has 82 valence electrons. The summed E-state index contributed by atoms with van der Waals surface area (Å²) in [5, 5.41) is 3.29. The lowest BCUT2D eigenvalue weighted by atomic mass is 10.3. The fourth-order valence-electron chi connectivity index (χ4n) is 1.69. The Morgan fingerprint density at radius 2 is 2.13 bits per heavy atom. The van der Waals surface area contributed by atoms with E-state index in [2.05, 4.69) is 15.2 Å². The van der Waals surface area contributed by atoms with Crippen LogP contribution < -0.4 is 20.7 Å². The van der Waals surface area contributed by atoms with Crippen molar-refractivity contribution in [2.75, 3.05) is 43.9 Å². The van der Waals surface area contributed by atoms with Crippen LogP contribution in [0.4, 0.5) is 11.5 Å². The molecule has 1 aliphatic rings. The van der Waals surface area contributed by atoms with Crippen molar-refractivity contribution >= 4 is 11.5 Å². The van der Waals surface area contributed by atoms with Crippen LogP contribution in [-0.2, 0) is 0 Å². The van der Waals surface area contributed by atoms with Crippen LogP contribution >= 0.6 is 0 Å². The minimum Gasteiger partial charge on any atom is -0.481 e. The molecule has 1 saturated heterocycles. The number of hydrogen-bond donors (Lipinski definition) is 2. The second-order valence-corrected chi connectivity index (χ2v) is 3.50.